The van der Waals surface area contributed by atoms with E-state index in [4.69, 9.17) is 4.74 Å². The maximum absolute atomic E-state index is 12.3. The predicted molar refractivity (Wildman–Crippen MR) is 107 cm³/mol. The molecular weight excluding hydrogens is 324 g/mol. The second kappa shape index (κ2) is 8.26. The second-order valence-electron chi connectivity index (χ2n) is 7.68. The third kappa shape index (κ3) is 5.51. The lowest BCUT2D eigenvalue weighted by Gasteiger charge is -2.29. The number of amides is 1. The van der Waals surface area contributed by atoms with E-state index in [1.807, 2.05) is 45.9 Å². The van der Waals surface area contributed by atoms with E-state index in [2.05, 4.69) is 42.6 Å². The molecule has 2 aromatic carbocycles. The molecule has 0 saturated carbocycles. The van der Waals surface area contributed by atoms with Crippen molar-refractivity contribution in [2.24, 2.45) is 0 Å². The van der Waals surface area contributed by atoms with Crippen molar-refractivity contribution in [2.75, 3.05) is 12.4 Å². The van der Waals surface area contributed by atoms with Crippen LogP contribution in [0.4, 0.5) is 10.5 Å². The van der Waals surface area contributed by atoms with Crippen LogP contribution < -0.4 is 5.32 Å². The van der Waals surface area contributed by atoms with Gasteiger partial charge in [0, 0.05) is 19.3 Å². The first-order valence-corrected chi connectivity index (χ1v) is 9.01. The van der Waals surface area contributed by atoms with Gasteiger partial charge in [0.05, 0.1) is 6.04 Å². The van der Waals surface area contributed by atoms with Crippen LogP contribution >= 0.6 is 0 Å². The Morgan fingerprint density at radius 2 is 1.81 bits per heavy atom. The molecule has 4 nitrogen and oxygen atoms in total. The van der Waals surface area contributed by atoms with Gasteiger partial charge in [-0.05, 0) is 57.4 Å². The molecule has 0 aromatic heterocycles. The van der Waals surface area contributed by atoms with Gasteiger partial charge in [-0.15, -0.1) is 0 Å². The molecule has 0 aliphatic carbocycles. The molecule has 1 N–H and O–H groups in total. The van der Waals surface area contributed by atoms with Crippen molar-refractivity contribution >= 4 is 11.8 Å². The Hall–Kier alpha value is -2.49. The molecule has 26 heavy (non-hydrogen) atoms. The summed E-state index contributed by atoms with van der Waals surface area (Å²) in [5.74, 6) is 0. The first-order chi connectivity index (χ1) is 12.2. The maximum atomic E-state index is 12.3. The SMILES string of the molecule is Cc1ccc(C(C)N(C)C(=O)OC(C)(C)C)cc1NCc1ccccc1. The van der Waals surface area contributed by atoms with E-state index >= 15 is 0 Å². The summed E-state index contributed by atoms with van der Waals surface area (Å²) in [5, 5.41) is 3.50. The second-order valence-corrected chi connectivity index (χ2v) is 7.68. The molecule has 140 valence electrons. The fourth-order valence-electron chi connectivity index (χ4n) is 2.60. The van der Waals surface area contributed by atoms with E-state index < -0.39 is 5.60 Å². The lowest BCUT2D eigenvalue weighted by molar-refractivity contribution is 0.0234. The molecule has 0 heterocycles. The molecule has 0 spiro atoms. The number of anilines is 1. The minimum atomic E-state index is -0.499. The van der Waals surface area contributed by atoms with Crippen LogP contribution in [0.25, 0.3) is 0 Å². The molecule has 1 atom stereocenters. The van der Waals surface area contributed by atoms with Gasteiger partial charge < -0.3 is 15.0 Å². The van der Waals surface area contributed by atoms with Gasteiger partial charge in [-0.25, -0.2) is 4.79 Å². The highest BCUT2D eigenvalue weighted by Crippen LogP contribution is 2.26. The maximum Gasteiger partial charge on any atom is 0.410 e. The van der Waals surface area contributed by atoms with Crippen LogP contribution in [0.1, 0.15) is 50.4 Å². The third-order valence-corrected chi connectivity index (χ3v) is 4.33. The van der Waals surface area contributed by atoms with Gasteiger partial charge in [-0.3, -0.25) is 0 Å². The van der Waals surface area contributed by atoms with Crippen molar-refractivity contribution < 1.29 is 9.53 Å². The van der Waals surface area contributed by atoms with E-state index in [0.29, 0.717) is 0 Å². The fourth-order valence-corrected chi connectivity index (χ4v) is 2.60. The number of hydrogen-bond acceptors (Lipinski definition) is 3. The Bertz CT molecular complexity index is 736. The average Bonchev–Trinajstić information content (AvgIpc) is 2.59. The number of ether oxygens (including phenoxy) is 1. The molecule has 0 saturated heterocycles. The number of benzene rings is 2. The van der Waals surface area contributed by atoms with E-state index in [-0.39, 0.29) is 12.1 Å². The molecule has 0 radical (unpaired) electrons. The Balaban J connectivity index is 2.10. The predicted octanol–water partition coefficient (Wildman–Crippen LogP) is 5.54. The van der Waals surface area contributed by atoms with Gasteiger partial charge >= 0.3 is 6.09 Å². The lowest BCUT2D eigenvalue weighted by atomic mass is 10.0. The van der Waals surface area contributed by atoms with E-state index in [9.17, 15) is 4.79 Å². The average molecular weight is 354 g/mol. The first-order valence-electron chi connectivity index (χ1n) is 9.01. The van der Waals surface area contributed by atoms with Gasteiger partial charge in [-0.1, -0.05) is 42.5 Å². The highest BCUT2D eigenvalue weighted by Gasteiger charge is 2.24. The van der Waals surface area contributed by atoms with Gasteiger partial charge in [0.1, 0.15) is 5.60 Å². The van der Waals surface area contributed by atoms with Gasteiger partial charge in [0.15, 0.2) is 0 Å². The summed E-state index contributed by atoms with van der Waals surface area (Å²) in [6.45, 7) is 10.5. The number of nitrogens with zero attached hydrogens (tertiary/aromatic N) is 1. The normalized spacial score (nSPS) is 12.4. The highest BCUT2D eigenvalue weighted by molar-refractivity contribution is 5.68. The minimum absolute atomic E-state index is 0.0808. The standard InChI is InChI=1S/C22H30N2O2/c1-16-12-13-19(17(2)24(6)21(25)26-22(3,4)5)14-20(16)23-15-18-10-8-7-9-11-18/h7-14,17,23H,15H2,1-6H3. The summed E-state index contributed by atoms with van der Waals surface area (Å²) in [4.78, 5) is 14.0. The Morgan fingerprint density at radius 1 is 1.15 bits per heavy atom. The van der Waals surface area contributed by atoms with Crippen molar-refractivity contribution in [2.45, 2.75) is 52.8 Å². The summed E-state index contributed by atoms with van der Waals surface area (Å²) in [6.07, 6.45) is -0.315. The quantitative estimate of drug-likeness (QED) is 0.767. The molecule has 1 unspecified atom stereocenters. The lowest BCUT2D eigenvalue weighted by Crippen LogP contribution is -2.35. The molecule has 4 heteroatoms. The molecule has 0 fully saturated rings. The zero-order valence-corrected chi connectivity index (χ0v) is 16.7. The van der Waals surface area contributed by atoms with E-state index in [1.165, 1.54) is 11.1 Å². The highest BCUT2D eigenvalue weighted by atomic mass is 16.6. The number of nitrogens with one attached hydrogen (secondary N) is 1. The number of rotatable bonds is 5. The monoisotopic (exact) mass is 354 g/mol. The summed E-state index contributed by atoms with van der Waals surface area (Å²) < 4.78 is 5.47. The summed E-state index contributed by atoms with van der Waals surface area (Å²) in [7, 11) is 1.77. The Labute approximate surface area is 157 Å². The first kappa shape index (κ1) is 19.8. The van der Waals surface area contributed by atoms with Crippen molar-refractivity contribution in [3.05, 3.63) is 65.2 Å². The largest absolute Gasteiger partial charge is 0.444 e. The van der Waals surface area contributed by atoms with Crippen LogP contribution in [0.3, 0.4) is 0 Å². The van der Waals surface area contributed by atoms with Gasteiger partial charge in [0.2, 0.25) is 0 Å². The summed E-state index contributed by atoms with van der Waals surface area (Å²) in [6, 6.07) is 16.5. The molecule has 2 rings (SSSR count). The van der Waals surface area contributed by atoms with Gasteiger partial charge in [0.25, 0.3) is 0 Å². The number of aryl methyl sites for hydroxylation is 1. The smallest absolute Gasteiger partial charge is 0.410 e. The Kier molecular flexibility index (Phi) is 6.30. The van der Waals surface area contributed by atoms with Crippen molar-refractivity contribution in [1.82, 2.24) is 4.90 Å². The third-order valence-electron chi connectivity index (χ3n) is 4.33. The van der Waals surface area contributed by atoms with E-state index in [1.54, 1.807) is 11.9 Å². The van der Waals surface area contributed by atoms with Gasteiger partial charge in [-0.2, -0.15) is 0 Å². The summed E-state index contributed by atoms with van der Waals surface area (Å²) >= 11 is 0. The van der Waals surface area contributed by atoms with E-state index in [0.717, 1.165) is 17.8 Å². The molecular formula is C22H30N2O2. The summed E-state index contributed by atoms with van der Waals surface area (Å²) in [5.41, 5.74) is 4.06. The minimum Gasteiger partial charge on any atom is -0.444 e. The van der Waals surface area contributed by atoms with Crippen molar-refractivity contribution in [3.63, 3.8) is 0 Å². The number of carbonyl (C=O) groups excluding carboxylic acids is 1. The molecule has 1 amide bonds. The van der Waals surface area contributed by atoms with Crippen LogP contribution in [0.15, 0.2) is 48.5 Å². The zero-order chi connectivity index (χ0) is 19.3. The molecule has 0 aliphatic rings. The van der Waals surface area contributed by atoms with Crippen LogP contribution in [0.5, 0.6) is 0 Å². The molecule has 0 aliphatic heterocycles. The topological polar surface area (TPSA) is 41.6 Å². The van der Waals surface area contributed by atoms with Crippen LogP contribution in [-0.4, -0.2) is 23.6 Å². The van der Waals surface area contributed by atoms with Crippen molar-refractivity contribution in [1.29, 1.82) is 0 Å². The molecule has 0 bridgehead atoms. The van der Waals surface area contributed by atoms with Crippen LogP contribution in [0.2, 0.25) is 0 Å². The van der Waals surface area contributed by atoms with Crippen molar-refractivity contribution in [3.8, 4) is 0 Å². The van der Waals surface area contributed by atoms with Crippen LogP contribution in [-0.2, 0) is 11.3 Å². The fraction of sp³-hybridized carbons (Fsp3) is 0.409. The zero-order valence-electron chi connectivity index (χ0n) is 16.7. The molecule has 2 aromatic rings. The number of carbonyl (C=O) groups is 1. The Morgan fingerprint density at radius 3 is 2.42 bits per heavy atom. The number of hydrogen-bond donors (Lipinski definition) is 1. The van der Waals surface area contributed by atoms with Crippen LogP contribution in [0, 0.1) is 6.92 Å².